The maximum atomic E-state index is 12.6. The Labute approximate surface area is 162 Å². The fourth-order valence-corrected chi connectivity index (χ4v) is 4.93. The third-order valence-electron chi connectivity index (χ3n) is 4.97. The van der Waals surface area contributed by atoms with Crippen molar-refractivity contribution in [3.8, 4) is 0 Å². The molecular weight excluding hydrogens is 370 g/mol. The summed E-state index contributed by atoms with van der Waals surface area (Å²) in [5, 5.41) is 3.44. The second kappa shape index (κ2) is 7.00. The van der Waals surface area contributed by atoms with Gasteiger partial charge in [0.1, 0.15) is 10.2 Å². The highest BCUT2D eigenvalue weighted by atomic mass is 35.5. The molecule has 0 fully saturated rings. The van der Waals surface area contributed by atoms with Crippen LogP contribution in [0.15, 0.2) is 18.3 Å². The van der Waals surface area contributed by atoms with Crippen LogP contribution in [0, 0.1) is 11.3 Å². The van der Waals surface area contributed by atoms with Gasteiger partial charge in [-0.05, 0) is 48.3 Å². The molecule has 3 N–H and O–H groups in total. The summed E-state index contributed by atoms with van der Waals surface area (Å²) in [5.74, 6) is -0.369. The Morgan fingerprint density at radius 2 is 2.12 bits per heavy atom. The van der Waals surface area contributed by atoms with E-state index < -0.39 is 11.8 Å². The first-order valence-electron chi connectivity index (χ1n) is 8.54. The predicted octanol–water partition coefficient (Wildman–Crippen LogP) is 4.30. The predicted molar refractivity (Wildman–Crippen MR) is 105 cm³/mol. The fraction of sp³-hybridized carbons (Fsp3) is 0.421. The molecule has 3 rings (SSSR count). The average molecular weight is 392 g/mol. The fourth-order valence-electron chi connectivity index (χ4n) is 3.40. The van der Waals surface area contributed by atoms with Gasteiger partial charge in [0.05, 0.1) is 11.1 Å². The smallest absolute Gasteiger partial charge is 0.259 e. The van der Waals surface area contributed by atoms with E-state index in [0.29, 0.717) is 16.5 Å². The van der Waals surface area contributed by atoms with Crippen LogP contribution in [0.2, 0.25) is 5.15 Å². The molecule has 0 unspecified atom stereocenters. The Kier molecular flexibility index (Phi) is 5.08. The van der Waals surface area contributed by atoms with Gasteiger partial charge in [0.2, 0.25) is 0 Å². The number of hydrogen-bond acceptors (Lipinski definition) is 4. The quantitative estimate of drug-likeness (QED) is 0.765. The Balaban J connectivity index is 1.94. The Bertz CT molecular complexity index is 870. The number of aromatic nitrogens is 1. The van der Waals surface area contributed by atoms with Crippen molar-refractivity contribution in [2.75, 3.05) is 5.32 Å². The van der Waals surface area contributed by atoms with Crippen molar-refractivity contribution in [3.63, 3.8) is 0 Å². The summed E-state index contributed by atoms with van der Waals surface area (Å²) >= 11 is 7.44. The molecule has 0 spiro atoms. The van der Waals surface area contributed by atoms with E-state index in [1.807, 2.05) is 0 Å². The van der Waals surface area contributed by atoms with Gasteiger partial charge >= 0.3 is 0 Å². The Hall–Kier alpha value is -1.92. The molecule has 1 atom stereocenters. The van der Waals surface area contributed by atoms with Gasteiger partial charge in [0.25, 0.3) is 11.8 Å². The van der Waals surface area contributed by atoms with E-state index in [0.717, 1.165) is 29.7 Å². The Morgan fingerprint density at radius 3 is 2.73 bits per heavy atom. The molecule has 0 aliphatic heterocycles. The Morgan fingerprint density at radius 1 is 1.38 bits per heavy atom. The van der Waals surface area contributed by atoms with E-state index in [4.69, 9.17) is 17.3 Å². The van der Waals surface area contributed by atoms with Crippen molar-refractivity contribution in [2.24, 2.45) is 17.1 Å². The topological polar surface area (TPSA) is 85.1 Å². The molecule has 1 aliphatic rings. The zero-order chi connectivity index (χ0) is 19.1. The second-order valence-electron chi connectivity index (χ2n) is 7.67. The minimum absolute atomic E-state index is 0.125. The number of carbonyl (C=O) groups excluding carboxylic acids is 2. The highest BCUT2D eigenvalue weighted by Gasteiger charge is 2.33. The normalized spacial score (nSPS) is 16.8. The van der Waals surface area contributed by atoms with E-state index >= 15 is 0 Å². The molecule has 26 heavy (non-hydrogen) atoms. The van der Waals surface area contributed by atoms with E-state index in [2.05, 4.69) is 31.1 Å². The van der Waals surface area contributed by atoms with Crippen molar-refractivity contribution in [1.29, 1.82) is 0 Å². The van der Waals surface area contributed by atoms with Crippen LogP contribution in [0.4, 0.5) is 5.00 Å². The van der Waals surface area contributed by atoms with Gasteiger partial charge < -0.3 is 11.1 Å². The van der Waals surface area contributed by atoms with Gasteiger partial charge in [0.15, 0.2) is 0 Å². The summed E-state index contributed by atoms with van der Waals surface area (Å²) < 4.78 is 0. The number of rotatable bonds is 3. The van der Waals surface area contributed by atoms with Crippen LogP contribution in [-0.2, 0) is 12.8 Å². The van der Waals surface area contributed by atoms with Crippen LogP contribution in [0.3, 0.4) is 0 Å². The highest BCUT2D eigenvalue weighted by Crippen LogP contribution is 2.44. The number of anilines is 1. The molecule has 2 amide bonds. The number of carbonyl (C=O) groups is 2. The largest absolute Gasteiger partial charge is 0.365 e. The SMILES string of the molecule is CC(C)(C)[C@H]1CCc2c(sc(NC(=O)c3cccnc3Cl)c2C(N)=O)C1. The summed E-state index contributed by atoms with van der Waals surface area (Å²) in [4.78, 5) is 29.7. The van der Waals surface area contributed by atoms with Gasteiger partial charge in [0, 0.05) is 11.1 Å². The standard InChI is InChI=1S/C19H22ClN3O2S/c1-19(2,3)10-6-7-11-13(9-10)26-18(14(11)16(21)24)23-17(25)12-5-4-8-22-15(12)20/h4-5,8,10H,6-7,9H2,1-3H3,(H2,21,24)(H,23,25)/t10-/m0/s1. The lowest BCUT2D eigenvalue weighted by atomic mass is 9.72. The first-order chi connectivity index (χ1) is 12.2. The molecule has 138 valence electrons. The third kappa shape index (κ3) is 3.62. The van der Waals surface area contributed by atoms with Crippen LogP contribution < -0.4 is 11.1 Å². The van der Waals surface area contributed by atoms with Gasteiger partial charge in [-0.25, -0.2) is 4.98 Å². The van der Waals surface area contributed by atoms with E-state index in [9.17, 15) is 9.59 Å². The van der Waals surface area contributed by atoms with Crippen molar-refractivity contribution in [2.45, 2.75) is 40.0 Å². The van der Waals surface area contributed by atoms with Crippen molar-refractivity contribution in [3.05, 3.63) is 45.1 Å². The van der Waals surface area contributed by atoms with Crippen molar-refractivity contribution in [1.82, 2.24) is 4.98 Å². The van der Waals surface area contributed by atoms with Crippen molar-refractivity contribution < 1.29 is 9.59 Å². The third-order valence-corrected chi connectivity index (χ3v) is 6.44. The second-order valence-corrected chi connectivity index (χ2v) is 9.14. The summed E-state index contributed by atoms with van der Waals surface area (Å²) in [5.41, 5.74) is 7.51. The number of hydrogen-bond donors (Lipinski definition) is 2. The van der Waals surface area contributed by atoms with E-state index in [1.54, 1.807) is 12.1 Å². The number of fused-ring (bicyclic) bond motifs is 1. The van der Waals surface area contributed by atoms with Gasteiger partial charge in [-0.1, -0.05) is 32.4 Å². The van der Waals surface area contributed by atoms with E-state index in [1.165, 1.54) is 17.5 Å². The summed E-state index contributed by atoms with van der Waals surface area (Å²) in [7, 11) is 0. The number of primary amides is 1. The lowest BCUT2D eigenvalue weighted by Gasteiger charge is -2.33. The molecule has 0 saturated carbocycles. The summed E-state index contributed by atoms with van der Waals surface area (Å²) in [6.45, 7) is 6.70. The number of nitrogens with one attached hydrogen (secondary N) is 1. The average Bonchev–Trinajstić information content (AvgIpc) is 2.91. The molecule has 2 aromatic rings. The van der Waals surface area contributed by atoms with Crippen LogP contribution in [0.1, 0.15) is 58.3 Å². The summed E-state index contributed by atoms with van der Waals surface area (Å²) in [6.07, 6.45) is 4.22. The highest BCUT2D eigenvalue weighted by molar-refractivity contribution is 7.17. The molecule has 2 heterocycles. The lowest BCUT2D eigenvalue weighted by molar-refractivity contribution is 0.1000. The molecule has 0 radical (unpaired) electrons. The van der Waals surface area contributed by atoms with Crippen molar-refractivity contribution >= 4 is 39.8 Å². The number of pyridine rings is 1. The first-order valence-corrected chi connectivity index (χ1v) is 9.74. The minimum Gasteiger partial charge on any atom is -0.365 e. The monoisotopic (exact) mass is 391 g/mol. The minimum atomic E-state index is -0.510. The molecule has 0 bridgehead atoms. The van der Waals surface area contributed by atoms with Crippen LogP contribution >= 0.6 is 22.9 Å². The van der Waals surface area contributed by atoms with Crippen LogP contribution in [0.25, 0.3) is 0 Å². The molecular formula is C19H22ClN3O2S. The maximum absolute atomic E-state index is 12.6. The molecule has 2 aromatic heterocycles. The molecule has 0 aromatic carbocycles. The lowest BCUT2D eigenvalue weighted by Crippen LogP contribution is -2.27. The van der Waals surface area contributed by atoms with Crippen LogP contribution in [0.5, 0.6) is 0 Å². The molecule has 7 heteroatoms. The van der Waals surface area contributed by atoms with Gasteiger partial charge in [-0.2, -0.15) is 0 Å². The number of nitrogens with two attached hydrogens (primary N) is 1. The van der Waals surface area contributed by atoms with Gasteiger partial charge in [-0.3, -0.25) is 9.59 Å². The number of thiophene rings is 1. The zero-order valence-corrected chi connectivity index (χ0v) is 16.6. The maximum Gasteiger partial charge on any atom is 0.259 e. The van der Waals surface area contributed by atoms with E-state index in [-0.39, 0.29) is 16.1 Å². The molecule has 5 nitrogen and oxygen atoms in total. The number of amides is 2. The van der Waals surface area contributed by atoms with Gasteiger partial charge in [-0.15, -0.1) is 11.3 Å². The summed E-state index contributed by atoms with van der Waals surface area (Å²) in [6, 6.07) is 3.24. The number of halogens is 1. The van der Waals surface area contributed by atoms with Crippen LogP contribution in [-0.4, -0.2) is 16.8 Å². The first kappa shape index (κ1) is 18.9. The molecule has 0 saturated heterocycles. The molecule has 1 aliphatic carbocycles. The zero-order valence-electron chi connectivity index (χ0n) is 15.1. The number of nitrogens with zero attached hydrogens (tertiary/aromatic N) is 1.